The van der Waals surface area contributed by atoms with Gasteiger partial charge in [0.1, 0.15) is 0 Å². The fourth-order valence-corrected chi connectivity index (χ4v) is 2.49. The molecule has 0 aromatic heterocycles. The Labute approximate surface area is 137 Å². The van der Waals surface area contributed by atoms with Crippen LogP contribution >= 0.6 is 27.5 Å². The number of carbonyl (C=O) groups is 1. The summed E-state index contributed by atoms with van der Waals surface area (Å²) in [5.74, 6) is -0.354. The van der Waals surface area contributed by atoms with Gasteiger partial charge in [-0.05, 0) is 52.2 Å². The predicted molar refractivity (Wildman–Crippen MR) is 88.7 cm³/mol. The number of hydrogen-bond donors (Lipinski definition) is 1. The molecule has 0 aliphatic carbocycles. The van der Waals surface area contributed by atoms with Gasteiger partial charge < -0.3 is 10.1 Å². The highest BCUT2D eigenvalue weighted by Gasteiger charge is 2.22. The first-order valence-corrected chi connectivity index (χ1v) is 7.55. The van der Waals surface area contributed by atoms with Gasteiger partial charge in [-0.1, -0.05) is 35.9 Å². The first kappa shape index (κ1) is 15.9. The van der Waals surface area contributed by atoms with Crippen LogP contribution in [0.15, 0.2) is 46.9 Å². The molecule has 0 aliphatic rings. The van der Waals surface area contributed by atoms with Crippen LogP contribution in [0.2, 0.25) is 5.02 Å². The number of esters is 1. The first-order valence-electron chi connectivity index (χ1n) is 6.38. The number of ether oxygens (including phenoxy) is 1. The number of nitrogens with one attached hydrogen (secondary N) is 1. The van der Waals surface area contributed by atoms with Crippen LogP contribution in [0.5, 0.6) is 0 Å². The largest absolute Gasteiger partial charge is 0.467 e. The molecule has 2 aromatic carbocycles. The molecule has 0 spiro atoms. The Morgan fingerprint density at radius 2 is 2.00 bits per heavy atom. The van der Waals surface area contributed by atoms with Crippen LogP contribution in [0.4, 0.5) is 5.69 Å². The van der Waals surface area contributed by atoms with Crippen molar-refractivity contribution >= 4 is 39.2 Å². The zero-order valence-corrected chi connectivity index (χ0v) is 14.0. The lowest BCUT2D eigenvalue weighted by atomic mass is 10.1. The minimum atomic E-state index is -0.593. The molecule has 110 valence electrons. The molecule has 1 unspecified atom stereocenters. The van der Waals surface area contributed by atoms with Crippen molar-refractivity contribution in [2.24, 2.45) is 0 Å². The lowest BCUT2D eigenvalue weighted by Crippen LogP contribution is -2.22. The molecule has 0 fully saturated rings. The van der Waals surface area contributed by atoms with Gasteiger partial charge in [-0.15, -0.1) is 0 Å². The first-order chi connectivity index (χ1) is 10.0. The standard InChI is InChI=1S/C16H15BrClNO2/c1-10-5-3-4-6-14(10)19-15(16(20)21-2)11-7-8-13(18)12(17)9-11/h3-9,15,19H,1-2H3. The molecule has 21 heavy (non-hydrogen) atoms. The summed E-state index contributed by atoms with van der Waals surface area (Å²) in [5, 5.41) is 3.82. The number of methoxy groups -OCH3 is 1. The number of para-hydroxylation sites is 1. The summed E-state index contributed by atoms with van der Waals surface area (Å²) in [4.78, 5) is 12.1. The molecule has 0 heterocycles. The fourth-order valence-electron chi connectivity index (χ4n) is 1.98. The van der Waals surface area contributed by atoms with Crippen molar-refractivity contribution in [3.8, 4) is 0 Å². The summed E-state index contributed by atoms with van der Waals surface area (Å²) in [6.45, 7) is 1.98. The number of rotatable bonds is 4. The third-order valence-electron chi connectivity index (χ3n) is 3.16. The normalized spacial score (nSPS) is 11.8. The second-order valence-corrected chi connectivity index (χ2v) is 5.85. The average molecular weight is 369 g/mol. The maximum atomic E-state index is 12.1. The van der Waals surface area contributed by atoms with E-state index in [2.05, 4.69) is 21.2 Å². The van der Waals surface area contributed by atoms with Crippen molar-refractivity contribution in [1.29, 1.82) is 0 Å². The summed E-state index contributed by atoms with van der Waals surface area (Å²) in [6.07, 6.45) is 0. The van der Waals surface area contributed by atoms with Crippen LogP contribution < -0.4 is 5.32 Å². The van der Waals surface area contributed by atoms with Crippen molar-refractivity contribution in [3.05, 3.63) is 63.1 Å². The molecule has 1 N–H and O–H groups in total. The molecule has 0 radical (unpaired) electrons. The Morgan fingerprint density at radius 3 is 2.62 bits per heavy atom. The molecule has 1 atom stereocenters. The van der Waals surface area contributed by atoms with Crippen molar-refractivity contribution in [2.45, 2.75) is 13.0 Å². The average Bonchev–Trinajstić information content (AvgIpc) is 2.48. The Bertz CT molecular complexity index is 660. The third-order valence-corrected chi connectivity index (χ3v) is 4.37. The van der Waals surface area contributed by atoms with Crippen LogP contribution in [-0.4, -0.2) is 13.1 Å². The highest BCUT2D eigenvalue weighted by molar-refractivity contribution is 9.10. The summed E-state index contributed by atoms with van der Waals surface area (Å²) >= 11 is 9.37. The van der Waals surface area contributed by atoms with E-state index in [9.17, 15) is 4.79 Å². The molecule has 3 nitrogen and oxygen atoms in total. The number of aryl methyl sites for hydroxylation is 1. The third kappa shape index (κ3) is 3.77. The number of halogens is 2. The maximum absolute atomic E-state index is 12.1. The van der Waals surface area contributed by atoms with E-state index in [4.69, 9.17) is 16.3 Å². The fraction of sp³-hybridized carbons (Fsp3) is 0.188. The highest BCUT2D eigenvalue weighted by Crippen LogP contribution is 2.29. The van der Waals surface area contributed by atoms with Crippen LogP contribution in [0.1, 0.15) is 17.2 Å². The molecule has 0 amide bonds. The van der Waals surface area contributed by atoms with Gasteiger partial charge in [-0.25, -0.2) is 4.79 Å². The quantitative estimate of drug-likeness (QED) is 0.792. The Morgan fingerprint density at radius 1 is 1.29 bits per heavy atom. The van der Waals surface area contributed by atoms with Gasteiger partial charge in [0.05, 0.1) is 12.1 Å². The molecule has 0 saturated heterocycles. The highest BCUT2D eigenvalue weighted by atomic mass is 79.9. The molecule has 2 rings (SSSR count). The zero-order valence-electron chi connectivity index (χ0n) is 11.7. The van der Waals surface area contributed by atoms with Crippen LogP contribution in [-0.2, 0) is 9.53 Å². The number of carbonyl (C=O) groups excluding carboxylic acids is 1. The topological polar surface area (TPSA) is 38.3 Å². The van der Waals surface area contributed by atoms with Gasteiger partial charge in [0, 0.05) is 10.2 Å². The minimum Gasteiger partial charge on any atom is -0.467 e. The summed E-state index contributed by atoms with van der Waals surface area (Å²) in [7, 11) is 1.37. The smallest absolute Gasteiger partial charge is 0.332 e. The van der Waals surface area contributed by atoms with E-state index in [0.29, 0.717) is 5.02 Å². The molecule has 5 heteroatoms. The van der Waals surface area contributed by atoms with Gasteiger partial charge in [-0.3, -0.25) is 0 Å². The van der Waals surface area contributed by atoms with E-state index in [1.165, 1.54) is 7.11 Å². The van der Waals surface area contributed by atoms with E-state index < -0.39 is 6.04 Å². The van der Waals surface area contributed by atoms with Crippen molar-refractivity contribution in [2.75, 3.05) is 12.4 Å². The van der Waals surface area contributed by atoms with Gasteiger partial charge in [0.15, 0.2) is 6.04 Å². The van der Waals surface area contributed by atoms with Crippen LogP contribution in [0, 0.1) is 6.92 Å². The van der Waals surface area contributed by atoms with Gasteiger partial charge in [0.25, 0.3) is 0 Å². The molecular formula is C16H15BrClNO2. The number of anilines is 1. The molecule has 0 aliphatic heterocycles. The lowest BCUT2D eigenvalue weighted by molar-refractivity contribution is -0.141. The van der Waals surface area contributed by atoms with Crippen LogP contribution in [0.3, 0.4) is 0 Å². The SMILES string of the molecule is COC(=O)C(Nc1ccccc1C)c1ccc(Cl)c(Br)c1. The van der Waals surface area contributed by atoms with Gasteiger partial charge in [-0.2, -0.15) is 0 Å². The zero-order chi connectivity index (χ0) is 15.4. The van der Waals surface area contributed by atoms with E-state index in [1.807, 2.05) is 37.3 Å². The van der Waals surface area contributed by atoms with E-state index in [-0.39, 0.29) is 5.97 Å². The van der Waals surface area contributed by atoms with Gasteiger partial charge >= 0.3 is 5.97 Å². The van der Waals surface area contributed by atoms with E-state index in [0.717, 1.165) is 21.3 Å². The Hall–Kier alpha value is -1.52. The molecule has 2 aromatic rings. The second kappa shape index (κ2) is 6.96. The summed E-state index contributed by atoms with van der Waals surface area (Å²) < 4.78 is 5.64. The van der Waals surface area contributed by atoms with E-state index in [1.54, 1.807) is 12.1 Å². The Balaban J connectivity index is 2.37. The monoisotopic (exact) mass is 367 g/mol. The molecule has 0 bridgehead atoms. The van der Waals surface area contributed by atoms with Crippen LogP contribution in [0.25, 0.3) is 0 Å². The minimum absolute atomic E-state index is 0.354. The summed E-state index contributed by atoms with van der Waals surface area (Å²) in [6, 6.07) is 12.6. The molecular weight excluding hydrogens is 354 g/mol. The lowest BCUT2D eigenvalue weighted by Gasteiger charge is -2.19. The van der Waals surface area contributed by atoms with Crippen molar-refractivity contribution in [3.63, 3.8) is 0 Å². The number of hydrogen-bond acceptors (Lipinski definition) is 3. The van der Waals surface area contributed by atoms with Crippen molar-refractivity contribution < 1.29 is 9.53 Å². The van der Waals surface area contributed by atoms with E-state index >= 15 is 0 Å². The molecule has 0 saturated carbocycles. The predicted octanol–water partition coefficient (Wildman–Crippen LogP) is 4.74. The summed E-state index contributed by atoms with van der Waals surface area (Å²) in [5.41, 5.74) is 2.72. The van der Waals surface area contributed by atoms with Crippen molar-refractivity contribution in [1.82, 2.24) is 0 Å². The second-order valence-electron chi connectivity index (χ2n) is 4.59. The van der Waals surface area contributed by atoms with Gasteiger partial charge in [0.2, 0.25) is 0 Å². The Kier molecular flexibility index (Phi) is 5.26. The maximum Gasteiger partial charge on any atom is 0.332 e. The number of benzene rings is 2.